The van der Waals surface area contributed by atoms with Crippen molar-refractivity contribution in [3.8, 4) is 0 Å². The number of carboxylic acids is 1. The van der Waals surface area contributed by atoms with Crippen molar-refractivity contribution in [3.05, 3.63) is 29.6 Å². The molecule has 6 nitrogen and oxygen atoms in total. The molecule has 0 fully saturated rings. The van der Waals surface area contributed by atoms with E-state index in [1.165, 1.54) is 19.1 Å². The van der Waals surface area contributed by atoms with E-state index in [1.54, 1.807) is 6.92 Å². The van der Waals surface area contributed by atoms with Crippen LogP contribution in [0.1, 0.15) is 37.0 Å². The molecule has 0 heterocycles. The van der Waals surface area contributed by atoms with E-state index in [-0.39, 0.29) is 17.7 Å². The van der Waals surface area contributed by atoms with Gasteiger partial charge in [0.25, 0.3) is 5.91 Å². The van der Waals surface area contributed by atoms with E-state index < -0.39 is 29.6 Å². The summed E-state index contributed by atoms with van der Waals surface area (Å²) in [6.07, 6.45) is 0.876. The maximum absolute atomic E-state index is 13.7. The van der Waals surface area contributed by atoms with E-state index >= 15 is 0 Å². The molecule has 2 amide bonds. The van der Waals surface area contributed by atoms with Gasteiger partial charge in [0, 0.05) is 12.5 Å². The van der Waals surface area contributed by atoms with Crippen molar-refractivity contribution >= 4 is 23.5 Å². The number of benzene rings is 1. The number of carbonyl (C=O) groups is 3. The summed E-state index contributed by atoms with van der Waals surface area (Å²) >= 11 is 0. The highest BCUT2D eigenvalue weighted by molar-refractivity contribution is 5.97. The summed E-state index contributed by atoms with van der Waals surface area (Å²) in [6, 6.07) is 2.50. The summed E-state index contributed by atoms with van der Waals surface area (Å²) in [6.45, 7) is 3.03. The highest BCUT2D eigenvalue weighted by Crippen LogP contribution is 2.16. The predicted molar refractivity (Wildman–Crippen MR) is 74.5 cm³/mol. The minimum atomic E-state index is -1.14. The molecule has 21 heavy (non-hydrogen) atoms. The van der Waals surface area contributed by atoms with Crippen LogP contribution in [0.3, 0.4) is 0 Å². The number of amides is 2. The number of anilines is 1. The number of carbonyl (C=O) groups excluding carboxylic acids is 2. The SMILES string of the molecule is CCCC(NC(=O)c1ccc(NC(C)=O)c(F)c1)C(=O)O. The topological polar surface area (TPSA) is 95.5 Å². The Kier molecular flexibility index (Phi) is 5.83. The Bertz CT molecular complexity index is 560. The number of rotatable bonds is 6. The van der Waals surface area contributed by atoms with Crippen molar-refractivity contribution in [2.75, 3.05) is 5.32 Å². The molecule has 1 atom stereocenters. The Morgan fingerprint density at radius 2 is 2.00 bits per heavy atom. The lowest BCUT2D eigenvalue weighted by Gasteiger charge is -2.14. The van der Waals surface area contributed by atoms with Crippen LogP contribution in [0.5, 0.6) is 0 Å². The molecule has 3 N–H and O–H groups in total. The Labute approximate surface area is 121 Å². The maximum atomic E-state index is 13.7. The van der Waals surface area contributed by atoms with Crippen LogP contribution in [0.2, 0.25) is 0 Å². The zero-order valence-electron chi connectivity index (χ0n) is 11.8. The Morgan fingerprint density at radius 3 is 2.48 bits per heavy atom. The third-order valence-corrected chi connectivity index (χ3v) is 2.72. The Balaban J connectivity index is 2.85. The van der Waals surface area contributed by atoms with Gasteiger partial charge in [-0.25, -0.2) is 9.18 Å². The summed E-state index contributed by atoms with van der Waals surface area (Å²) in [7, 11) is 0. The van der Waals surface area contributed by atoms with E-state index in [9.17, 15) is 18.8 Å². The quantitative estimate of drug-likeness (QED) is 0.745. The normalized spacial score (nSPS) is 11.6. The molecule has 0 spiro atoms. The van der Waals surface area contributed by atoms with Gasteiger partial charge in [-0.2, -0.15) is 0 Å². The second-order valence-electron chi connectivity index (χ2n) is 4.53. The lowest BCUT2D eigenvalue weighted by Crippen LogP contribution is -2.40. The number of hydrogen-bond acceptors (Lipinski definition) is 3. The first kappa shape index (κ1) is 16.6. The molecule has 7 heteroatoms. The van der Waals surface area contributed by atoms with Crippen molar-refractivity contribution in [1.29, 1.82) is 0 Å². The molecular weight excluding hydrogens is 279 g/mol. The molecule has 1 aromatic carbocycles. The van der Waals surface area contributed by atoms with Crippen molar-refractivity contribution in [3.63, 3.8) is 0 Å². The van der Waals surface area contributed by atoms with Crippen molar-refractivity contribution < 1.29 is 23.9 Å². The lowest BCUT2D eigenvalue weighted by atomic mass is 10.1. The second-order valence-corrected chi connectivity index (χ2v) is 4.53. The monoisotopic (exact) mass is 296 g/mol. The largest absolute Gasteiger partial charge is 0.480 e. The van der Waals surface area contributed by atoms with Crippen LogP contribution in [0.15, 0.2) is 18.2 Å². The second kappa shape index (κ2) is 7.37. The molecule has 0 saturated heterocycles. The number of aliphatic carboxylic acids is 1. The first-order chi connectivity index (χ1) is 9.85. The summed E-state index contributed by atoms with van der Waals surface area (Å²) in [5.74, 6) is -3.01. The third-order valence-electron chi connectivity index (χ3n) is 2.72. The molecule has 1 unspecified atom stereocenters. The van der Waals surface area contributed by atoms with Crippen molar-refractivity contribution in [2.45, 2.75) is 32.7 Å². The molecule has 0 saturated carbocycles. The zero-order chi connectivity index (χ0) is 16.0. The van der Waals surface area contributed by atoms with Gasteiger partial charge >= 0.3 is 5.97 Å². The highest BCUT2D eigenvalue weighted by atomic mass is 19.1. The number of nitrogens with one attached hydrogen (secondary N) is 2. The first-order valence-electron chi connectivity index (χ1n) is 6.46. The highest BCUT2D eigenvalue weighted by Gasteiger charge is 2.20. The van der Waals surface area contributed by atoms with E-state index in [4.69, 9.17) is 5.11 Å². The third kappa shape index (κ3) is 4.87. The van der Waals surface area contributed by atoms with Gasteiger partial charge in [-0.1, -0.05) is 13.3 Å². The summed E-state index contributed by atoms with van der Waals surface area (Å²) in [4.78, 5) is 33.7. The predicted octanol–water partition coefficient (Wildman–Crippen LogP) is 1.77. The van der Waals surface area contributed by atoms with E-state index in [2.05, 4.69) is 10.6 Å². The molecule has 0 bridgehead atoms. The standard InChI is InChI=1S/C14H17FN2O4/c1-3-4-12(14(20)21)17-13(19)9-5-6-11(10(15)7-9)16-8(2)18/h5-7,12H,3-4H2,1-2H3,(H,16,18)(H,17,19)(H,20,21). The molecule has 0 aromatic heterocycles. The fraction of sp³-hybridized carbons (Fsp3) is 0.357. The van der Waals surface area contributed by atoms with E-state index in [1.807, 2.05) is 0 Å². The van der Waals surface area contributed by atoms with E-state index in [0.717, 1.165) is 6.07 Å². The fourth-order valence-electron chi connectivity index (χ4n) is 1.74. The van der Waals surface area contributed by atoms with Crippen LogP contribution in [-0.2, 0) is 9.59 Å². The minimum absolute atomic E-state index is 0.0102. The van der Waals surface area contributed by atoms with E-state index in [0.29, 0.717) is 6.42 Å². The average Bonchev–Trinajstić information content (AvgIpc) is 2.39. The maximum Gasteiger partial charge on any atom is 0.326 e. The zero-order valence-corrected chi connectivity index (χ0v) is 11.8. The molecule has 1 aromatic rings. The van der Waals surface area contributed by atoms with Gasteiger partial charge in [0.1, 0.15) is 11.9 Å². The number of carboxylic acid groups (broad SMARTS) is 1. The first-order valence-corrected chi connectivity index (χ1v) is 6.46. The van der Waals surface area contributed by atoms with Gasteiger partial charge in [0.05, 0.1) is 5.69 Å². The van der Waals surface area contributed by atoms with Crippen LogP contribution in [0, 0.1) is 5.82 Å². The van der Waals surface area contributed by atoms with Crippen molar-refractivity contribution in [1.82, 2.24) is 5.32 Å². The molecule has 0 aliphatic heterocycles. The lowest BCUT2D eigenvalue weighted by molar-refractivity contribution is -0.139. The molecule has 114 valence electrons. The number of halogens is 1. The van der Waals surface area contributed by atoms with Gasteiger partial charge in [-0.15, -0.1) is 0 Å². The van der Waals surface area contributed by atoms with Crippen LogP contribution < -0.4 is 10.6 Å². The fourth-order valence-corrected chi connectivity index (χ4v) is 1.74. The van der Waals surface area contributed by atoms with Crippen LogP contribution >= 0.6 is 0 Å². The van der Waals surface area contributed by atoms with Crippen LogP contribution in [0.25, 0.3) is 0 Å². The molecular formula is C14H17FN2O4. The Hall–Kier alpha value is -2.44. The molecule has 0 aliphatic rings. The summed E-state index contributed by atoms with van der Waals surface area (Å²) < 4.78 is 13.7. The van der Waals surface area contributed by atoms with Gasteiger partial charge in [-0.3, -0.25) is 9.59 Å². The molecule has 1 rings (SSSR count). The molecule has 0 aliphatic carbocycles. The summed E-state index contributed by atoms with van der Waals surface area (Å²) in [5, 5.41) is 13.6. The van der Waals surface area contributed by atoms with Gasteiger partial charge in [0.15, 0.2) is 0 Å². The smallest absolute Gasteiger partial charge is 0.326 e. The minimum Gasteiger partial charge on any atom is -0.480 e. The van der Waals surface area contributed by atoms with Gasteiger partial charge in [-0.05, 0) is 24.6 Å². The summed E-state index contributed by atoms with van der Waals surface area (Å²) in [5.41, 5.74) is -0.0497. The number of hydrogen-bond donors (Lipinski definition) is 3. The van der Waals surface area contributed by atoms with Crippen LogP contribution in [-0.4, -0.2) is 28.9 Å². The average molecular weight is 296 g/mol. The van der Waals surface area contributed by atoms with Gasteiger partial charge in [0.2, 0.25) is 5.91 Å². The Morgan fingerprint density at radius 1 is 1.33 bits per heavy atom. The van der Waals surface area contributed by atoms with Gasteiger partial charge < -0.3 is 15.7 Å². The van der Waals surface area contributed by atoms with Crippen LogP contribution in [0.4, 0.5) is 10.1 Å². The van der Waals surface area contributed by atoms with Crippen molar-refractivity contribution in [2.24, 2.45) is 0 Å². The molecule has 0 radical (unpaired) electrons.